The van der Waals surface area contributed by atoms with Gasteiger partial charge in [-0.05, 0) is 36.1 Å². The molecule has 0 saturated carbocycles. The largest absolute Gasteiger partial charge is 0.349 e. The van der Waals surface area contributed by atoms with E-state index in [0.717, 1.165) is 5.56 Å². The van der Waals surface area contributed by atoms with Gasteiger partial charge in [0.05, 0.1) is 0 Å². The van der Waals surface area contributed by atoms with Crippen LogP contribution in [0.25, 0.3) is 0 Å². The number of aromatic nitrogens is 2. The molecule has 0 aliphatic carbocycles. The molecular weight excluding hydrogens is 294 g/mol. The van der Waals surface area contributed by atoms with Crippen molar-refractivity contribution >= 4 is 17.2 Å². The molecule has 0 radical (unpaired) electrons. The smallest absolute Gasteiger partial charge is 0.251 e. The van der Waals surface area contributed by atoms with Gasteiger partial charge in [0.25, 0.3) is 5.91 Å². The van der Waals surface area contributed by atoms with Gasteiger partial charge >= 0.3 is 0 Å². The number of hydrogen-bond donors (Lipinski definition) is 1. The molecule has 2 heterocycles. The number of hydrogen-bond acceptors (Lipinski definition) is 3. The Hall–Kier alpha value is -2.40. The lowest BCUT2D eigenvalue weighted by molar-refractivity contribution is 0.0949. The van der Waals surface area contributed by atoms with Crippen molar-refractivity contribution in [1.82, 2.24) is 15.1 Å². The first kappa shape index (κ1) is 14.5. The maximum absolute atomic E-state index is 12.4. The van der Waals surface area contributed by atoms with Crippen LogP contribution in [-0.4, -0.2) is 22.2 Å². The highest BCUT2D eigenvalue weighted by Crippen LogP contribution is 2.22. The summed E-state index contributed by atoms with van der Waals surface area (Å²) >= 11 is 1.67. The molecule has 0 saturated heterocycles. The molecule has 4 nitrogen and oxygen atoms in total. The summed E-state index contributed by atoms with van der Waals surface area (Å²) < 4.78 is 1.88. The number of aryl methyl sites for hydroxylation is 1. The minimum Gasteiger partial charge on any atom is -0.349 e. The van der Waals surface area contributed by atoms with Crippen molar-refractivity contribution in [2.75, 3.05) is 6.54 Å². The van der Waals surface area contributed by atoms with E-state index < -0.39 is 0 Å². The van der Waals surface area contributed by atoms with Crippen molar-refractivity contribution in [3.05, 3.63) is 76.2 Å². The van der Waals surface area contributed by atoms with Crippen molar-refractivity contribution < 1.29 is 4.79 Å². The molecule has 1 aromatic carbocycles. The minimum atomic E-state index is -0.0492. The van der Waals surface area contributed by atoms with Crippen LogP contribution in [-0.2, 0) is 0 Å². The Labute approximate surface area is 133 Å². The van der Waals surface area contributed by atoms with E-state index in [1.807, 2.05) is 59.6 Å². The van der Waals surface area contributed by atoms with Gasteiger partial charge in [0.15, 0.2) is 0 Å². The molecule has 0 aliphatic rings. The van der Waals surface area contributed by atoms with Crippen LogP contribution in [0.3, 0.4) is 0 Å². The summed E-state index contributed by atoms with van der Waals surface area (Å²) in [6.07, 6.45) is 3.67. The molecule has 3 aromatic rings. The second-order valence-electron chi connectivity index (χ2n) is 5.04. The molecule has 1 unspecified atom stereocenters. The zero-order valence-corrected chi connectivity index (χ0v) is 13.1. The molecule has 0 fully saturated rings. The van der Waals surface area contributed by atoms with Gasteiger partial charge in [-0.25, -0.2) is 0 Å². The summed E-state index contributed by atoms with van der Waals surface area (Å²) in [6.45, 7) is 2.45. The second kappa shape index (κ2) is 6.58. The third kappa shape index (κ3) is 3.09. The Bertz CT molecular complexity index is 701. The maximum Gasteiger partial charge on any atom is 0.251 e. The number of carbonyl (C=O) groups is 1. The molecule has 1 amide bonds. The monoisotopic (exact) mass is 311 g/mol. The van der Waals surface area contributed by atoms with E-state index in [1.54, 1.807) is 17.5 Å². The third-order valence-corrected chi connectivity index (χ3v) is 4.54. The molecular formula is C17H17N3OS. The van der Waals surface area contributed by atoms with Crippen LogP contribution in [0.15, 0.2) is 60.2 Å². The van der Waals surface area contributed by atoms with Crippen molar-refractivity contribution in [3.63, 3.8) is 0 Å². The third-order valence-electron chi connectivity index (χ3n) is 3.56. The number of benzene rings is 1. The molecule has 22 heavy (non-hydrogen) atoms. The standard InChI is InChI=1S/C17H17N3OS/c1-13-6-2-3-7-14(13)17(21)18-12-15(16-8-4-11-22-16)20-10-5-9-19-20/h2-11,15H,12H2,1H3,(H,18,21). The van der Waals surface area contributed by atoms with Gasteiger partial charge in [0, 0.05) is 29.4 Å². The van der Waals surface area contributed by atoms with Crippen LogP contribution < -0.4 is 5.32 Å². The summed E-state index contributed by atoms with van der Waals surface area (Å²) in [5.74, 6) is -0.0492. The first-order valence-corrected chi connectivity index (χ1v) is 8.00. The predicted molar refractivity (Wildman–Crippen MR) is 88.2 cm³/mol. The number of amides is 1. The lowest BCUT2D eigenvalue weighted by Gasteiger charge is -2.17. The molecule has 112 valence electrons. The zero-order chi connectivity index (χ0) is 15.4. The normalized spacial score (nSPS) is 12.0. The highest BCUT2D eigenvalue weighted by Gasteiger charge is 2.17. The zero-order valence-electron chi connectivity index (χ0n) is 12.3. The number of carbonyl (C=O) groups excluding carboxylic acids is 1. The second-order valence-corrected chi connectivity index (χ2v) is 6.02. The van der Waals surface area contributed by atoms with Crippen molar-refractivity contribution in [1.29, 1.82) is 0 Å². The summed E-state index contributed by atoms with van der Waals surface area (Å²) in [5.41, 5.74) is 1.69. The van der Waals surface area contributed by atoms with Crippen molar-refractivity contribution in [2.45, 2.75) is 13.0 Å². The highest BCUT2D eigenvalue weighted by molar-refractivity contribution is 7.10. The molecule has 0 spiro atoms. The Morgan fingerprint density at radius 3 is 2.82 bits per heavy atom. The van der Waals surface area contributed by atoms with Crippen LogP contribution in [0.1, 0.15) is 26.8 Å². The number of nitrogens with one attached hydrogen (secondary N) is 1. The fourth-order valence-corrected chi connectivity index (χ4v) is 3.20. The molecule has 2 aromatic heterocycles. The van der Waals surface area contributed by atoms with Gasteiger partial charge in [-0.3, -0.25) is 9.48 Å². The Morgan fingerprint density at radius 1 is 1.27 bits per heavy atom. The maximum atomic E-state index is 12.4. The predicted octanol–water partition coefficient (Wildman–Crippen LogP) is 3.27. The molecule has 1 N–H and O–H groups in total. The van der Waals surface area contributed by atoms with E-state index in [9.17, 15) is 4.79 Å². The van der Waals surface area contributed by atoms with Crippen LogP contribution in [0, 0.1) is 6.92 Å². The number of thiophene rings is 1. The van der Waals surface area contributed by atoms with Crippen LogP contribution in [0.5, 0.6) is 0 Å². The van der Waals surface area contributed by atoms with Crippen LogP contribution in [0.4, 0.5) is 0 Å². The number of rotatable bonds is 5. The highest BCUT2D eigenvalue weighted by atomic mass is 32.1. The molecule has 5 heteroatoms. The van der Waals surface area contributed by atoms with E-state index in [1.165, 1.54) is 4.88 Å². The molecule has 3 rings (SSSR count). The Balaban J connectivity index is 1.75. The van der Waals surface area contributed by atoms with Gasteiger partial charge in [-0.2, -0.15) is 5.10 Å². The SMILES string of the molecule is Cc1ccccc1C(=O)NCC(c1cccs1)n1cccn1. The van der Waals surface area contributed by atoms with Crippen LogP contribution in [0.2, 0.25) is 0 Å². The van der Waals surface area contributed by atoms with E-state index >= 15 is 0 Å². The minimum absolute atomic E-state index is 0.0166. The Morgan fingerprint density at radius 2 is 2.14 bits per heavy atom. The summed E-state index contributed by atoms with van der Waals surface area (Å²) in [4.78, 5) is 13.5. The van der Waals surface area contributed by atoms with E-state index in [-0.39, 0.29) is 11.9 Å². The lowest BCUT2D eigenvalue weighted by Crippen LogP contribution is -2.31. The first-order chi connectivity index (χ1) is 10.8. The summed E-state index contributed by atoms with van der Waals surface area (Å²) in [5, 5.41) is 9.37. The van der Waals surface area contributed by atoms with Gasteiger partial charge in [0.2, 0.25) is 0 Å². The Kier molecular flexibility index (Phi) is 4.34. The fraction of sp³-hybridized carbons (Fsp3) is 0.176. The average Bonchev–Trinajstić information content (AvgIpc) is 3.21. The van der Waals surface area contributed by atoms with Gasteiger partial charge in [-0.1, -0.05) is 24.3 Å². The van der Waals surface area contributed by atoms with E-state index in [2.05, 4.69) is 16.5 Å². The first-order valence-electron chi connectivity index (χ1n) is 7.12. The molecule has 1 atom stereocenters. The van der Waals surface area contributed by atoms with Crippen molar-refractivity contribution in [3.8, 4) is 0 Å². The lowest BCUT2D eigenvalue weighted by atomic mass is 10.1. The summed E-state index contributed by atoms with van der Waals surface area (Å²) in [6, 6.07) is 13.6. The topological polar surface area (TPSA) is 46.9 Å². The molecule has 0 aliphatic heterocycles. The van der Waals surface area contributed by atoms with Crippen molar-refractivity contribution in [2.24, 2.45) is 0 Å². The van der Waals surface area contributed by atoms with Gasteiger partial charge < -0.3 is 5.32 Å². The fourth-order valence-electron chi connectivity index (χ4n) is 2.38. The van der Waals surface area contributed by atoms with E-state index in [0.29, 0.717) is 12.1 Å². The number of nitrogens with zero attached hydrogens (tertiary/aromatic N) is 2. The quantitative estimate of drug-likeness (QED) is 0.786. The molecule has 0 bridgehead atoms. The van der Waals surface area contributed by atoms with Gasteiger partial charge in [-0.15, -0.1) is 11.3 Å². The van der Waals surface area contributed by atoms with E-state index in [4.69, 9.17) is 0 Å². The van der Waals surface area contributed by atoms with Crippen LogP contribution >= 0.6 is 11.3 Å². The summed E-state index contributed by atoms with van der Waals surface area (Å²) in [7, 11) is 0. The van der Waals surface area contributed by atoms with Gasteiger partial charge in [0.1, 0.15) is 6.04 Å². The average molecular weight is 311 g/mol.